The molecular formula is C24H23FN4O2. The minimum atomic E-state index is -0.270. The Morgan fingerprint density at radius 1 is 1.16 bits per heavy atom. The highest BCUT2D eigenvalue weighted by Gasteiger charge is 2.15. The van der Waals surface area contributed by atoms with E-state index < -0.39 is 0 Å². The molecule has 1 N–H and O–H groups in total. The molecule has 0 bridgehead atoms. The van der Waals surface area contributed by atoms with Crippen LogP contribution in [0.5, 0.6) is 11.5 Å². The molecular weight excluding hydrogens is 395 g/mol. The van der Waals surface area contributed by atoms with E-state index >= 15 is 0 Å². The van der Waals surface area contributed by atoms with Gasteiger partial charge in [0, 0.05) is 37.0 Å². The summed E-state index contributed by atoms with van der Waals surface area (Å²) in [5.74, 6) is 1.72. The highest BCUT2D eigenvalue weighted by molar-refractivity contribution is 5.85. The maximum absolute atomic E-state index is 13.4. The summed E-state index contributed by atoms with van der Waals surface area (Å²) in [6.07, 6.45) is 1.91. The number of carbonyl (C=O) groups is 1. The second-order valence-corrected chi connectivity index (χ2v) is 7.60. The van der Waals surface area contributed by atoms with Gasteiger partial charge in [-0.1, -0.05) is 0 Å². The number of nitrogens with zero attached hydrogens (tertiary/aromatic N) is 3. The van der Waals surface area contributed by atoms with Gasteiger partial charge in [0.15, 0.2) is 0 Å². The smallest absolute Gasteiger partial charge is 0.208 e. The fourth-order valence-electron chi connectivity index (χ4n) is 3.48. The fourth-order valence-corrected chi connectivity index (χ4v) is 3.48. The molecule has 0 saturated heterocycles. The number of hydrogen-bond donors (Lipinski definition) is 1. The molecule has 0 atom stereocenters. The Kier molecular flexibility index (Phi) is 5.42. The zero-order valence-corrected chi connectivity index (χ0v) is 17.9. The molecule has 0 aliphatic heterocycles. The number of aryl methyl sites for hydroxylation is 3. The Balaban J connectivity index is 1.65. The van der Waals surface area contributed by atoms with Crippen molar-refractivity contribution in [2.45, 2.75) is 27.2 Å². The van der Waals surface area contributed by atoms with E-state index in [1.54, 1.807) is 24.4 Å². The zero-order valence-electron chi connectivity index (χ0n) is 17.9. The van der Waals surface area contributed by atoms with Gasteiger partial charge in [0.1, 0.15) is 23.1 Å². The van der Waals surface area contributed by atoms with Gasteiger partial charge >= 0.3 is 0 Å². The third-order valence-corrected chi connectivity index (χ3v) is 5.14. The second kappa shape index (κ2) is 8.18. The van der Waals surface area contributed by atoms with Gasteiger partial charge in [0.25, 0.3) is 0 Å². The van der Waals surface area contributed by atoms with Crippen LogP contribution in [0.25, 0.3) is 11.0 Å². The number of carbonyl (C=O) groups excluding carboxylic acids is 1. The number of pyridine rings is 1. The molecule has 4 rings (SSSR count). The normalized spacial score (nSPS) is 11.0. The van der Waals surface area contributed by atoms with E-state index in [4.69, 9.17) is 9.72 Å². The molecule has 0 spiro atoms. The number of anilines is 2. The van der Waals surface area contributed by atoms with Gasteiger partial charge in [0.2, 0.25) is 5.95 Å². The van der Waals surface area contributed by atoms with Gasteiger partial charge in [-0.2, -0.15) is 0 Å². The van der Waals surface area contributed by atoms with Gasteiger partial charge in [-0.15, -0.1) is 0 Å². The van der Waals surface area contributed by atoms with Crippen LogP contribution < -0.4 is 10.1 Å². The first-order valence-electron chi connectivity index (χ1n) is 9.93. The minimum absolute atomic E-state index is 0.0483. The predicted octanol–water partition coefficient (Wildman–Crippen LogP) is 5.39. The van der Waals surface area contributed by atoms with Gasteiger partial charge in [-0.25, -0.2) is 9.37 Å². The van der Waals surface area contributed by atoms with Crippen LogP contribution in [0.2, 0.25) is 0 Å². The molecule has 31 heavy (non-hydrogen) atoms. The Morgan fingerprint density at radius 3 is 2.71 bits per heavy atom. The summed E-state index contributed by atoms with van der Waals surface area (Å²) in [7, 11) is 1.92. The topological polar surface area (TPSA) is 69.0 Å². The Labute approximate surface area is 179 Å². The molecule has 0 amide bonds. The number of rotatable bonds is 6. The van der Waals surface area contributed by atoms with Crippen LogP contribution in [-0.2, 0) is 18.3 Å². The highest BCUT2D eigenvalue weighted by atomic mass is 19.1. The minimum Gasteiger partial charge on any atom is -0.457 e. The fraction of sp³-hybridized carbons (Fsp3) is 0.208. The van der Waals surface area contributed by atoms with E-state index in [2.05, 4.69) is 10.3 Å². The van der Waals surface area contributed by atoms with Crippen LogP contribution in [0.3, 0.4) is 0 Å². The average molecular weight is 418 g/mol. The number of imidazole rings is 1. The summed E-state index contributed by atoms with van der Waals surface area (Å²) in [4.78, 5) is 20.3. The van der Waals surface area contributed by atoms with E-state index in [1.807, 2.05) is 37.6 Å². The molecule has 7 heteroatoms. The number of ketones is 1. The van der Waals surface area contributed by atoms with E-state index in [9.17, 15) is 9.18 Å². The molecule has 0 unspecified atom stereocenters. The van der Waals surface area contributed by atoms with Crippen molar-refractivity contribution in [3.8, 4) is 11.5 Å². The van der Waals surface area contributed by atoms with E-state index in [1.165, 1.54) is 19.1 Å². The number of benzene rings is 2. The lowest BCUT2D eigenvalue weighted by Crippen LogP contribution is -2.00. The molecule has 2 aromatic carbocycles. The van der Waals surface area contributed by atoms with Gasteiger partial charge in [-0.05, 0) is 62.7 Å². The predicted molar refractivity (Wildman–Crippen MR) is 119 cm³/mol. The number of Topliss-reactive ketones (excluding diaryl/α,β-unsaturated/α-hetero) is 1. The number of halogens is 1. The van der Waals surface area contributed by atoms with E-state index in [0.717, 1.165) is 27.8 Å². The van der Waals surface area contributed by atoms with E-state index in [0.29, 0.717) is 23.1 Å². The summed E-state index contributed by atoms with van der Waals surface area (Å²) in [6, 6.07) is 12.0. The lowest BCUT2D eigenvalue weighted by molar-refractivity contribution is -0.116. The largest absolute Gasteiger partial charge is 0.457 e. The highest BCUT2D eigenvalue weighted by Crippen LogP contribution is 2.33. The van der Waals surface area contributed by atoms with Crippen molar-refractivity contribution in [1.29, 1.82) is 0 Å². The lowest BCUT2D eigenvalue weighted by atomic mass is 10.2. The van der Waals surface area contributed by atoms with Crippen molar-refractivity contribution in [2.75, 3.05) is 5.32 Å². The molecule has 2 heterocycles. The van der Waals surface area contributed by atoms with Gasteiger partial charge in [0.05, 0.1) is 16.7 Å². The first-order chi connectivity index (χ1) is 14.8. The van der Waals surface area contributed by atoms with Crippen molar-refractivity contribution in [2.24, 2.45) is 7.05 Å². The number of fused-ring (bicyclic) bond motifs is 1. The third kappa shape index (κ3) is 4.26. The van der Waals surface area contributed by atoms with Crippen LogP contribution >= 0.6 is 0 Å². The quantitative estimate of drug-likeness (QED) is 0.455. The first-order valence-corrected chi connectivity index (χ1v) is 9.93. The summed E-state index contributed by atoms with van der Waals surface area (Å²) in [5.41, 5.74) is 4.90. The molecule has 0 aliphatic carbocycles. The lowest BCUT2D eigenvalue weighted by Gasteiger charge is -2.10. The molecule has 0 saturated carbocycles. The summed E-state index contributed by atoms with van der Waals surface area (Å²) < 4.78 is 21.4. The van der Waals surface area contributed by atoms with Crippen LogP contribution in [-0.4, -0.2) is 20.3 Å². The van der Waals surface area contributed by atoms with Crippen LogP contribution in [0.15, 0.2) is 48.7 Å². The van der Waals surface area contributed by atoms with Crippen LogP contribution in [0, 0.1) is 19.7 Å². The standard InChI is InChI=1S/C24H23FN4O2/c1-14-11-17(25)5-6-20(14)27-24-28-23-16(3)22(8-7-21(23)29(24)4)31-19-9-10-26-18(13-19)12-15(2)30/h5-11,13H,12H2,1-4H3,(H,27,28). The van der Waals surface area contributed by atoms with Crippen LogP contribution in [0.4, 0.5) is 16.0 Å². The third-order valence-electron chi connectivity index (χ3n) is 5.14. The number of ether oxygens (including phenoxy) is 1. The molecule has 158 valence electrons. The monoisotopic (exact) mass is 418 g/mol. The molecule has 2 aromatic heterocycles. The zero-order chi connectivity index (χ0) is 22.1. The van der Waals surface area contributed by atoms with Crippen molar-refractivity contribution < 1.29 is 13.9 Å². The summed E-state index contributed by atoms with van der Waals surface area (Å²) >= 11 is 0. The maximum Gasteiger partial charge on any atom is 0.208 e. The average Bonchev–Trinajstić information content (AvgIpc) is 3.02. The van der Waals surface area contributed by atoms with Gasteiger partial charge < -0.3 is 14.6 Å². The number of hydrogen-bond acceptors (Lipinski definition) is 5. The first kappa shape index (κ1) is 20.5. The SMILES string of the molecule is CC(=O)Cc1cc(Oc2ccc3c(nc(Nc4ccc(F)cc4C)n3C)c2C)ccn1. The molecule has 6 nitrogen and oxygen atoms in total. The van der Waals surface area contributed by atoms with Crippen molar-refractivity contribution >= 4 is 28.5 Å². The van der Waals surface area contributed by atoms with Crippen LogP contribution in [0.1, 0.15) is 23.7 Å². The Hall–Kier alpha value is -3.74. The Bertz CT molecular complexity index is 1300. The summed E-state index contributed by atoms with van der Waals surface area (Å²) in [6.45, 7) is 5.34. The molecule has 0 radical (unpaired) electrons. The van der Waals surface area contributed by atoms with E-state index in [-0.39, 0.29) is 18.0 Å². The summed E-state index contributed by atoms with van der Waals surface area (Å²) in [5, 5.41) is 3.28. The van der Waals surface area contributed by atoms with Crippen molar-refractivity contribution in [3.05, 3.63) is 71.3 Å². The number of aromatic nitrogens is 3. The molecule has 4 aromatic rings. The van der Waals surface area contributed by atoms with Gasteiger partial charge in [-0.3, -0.25) is 9.78 Å². The molecule has 0 fully saturated rings. The Morgan fingerprint density at radius 2 is 1.97 bits per heavy atom. The van der Waals surface area contributed by atoms with Crippen molar-refractivity contribution in [1.82, 2.24) is 14.5 Å². The molecule has 0 aliphatic rings. The van der Waals surface area contributed by atoms with Crippen molar-refractivity contribution in [3.63, 3.8) is 0 Å². The number of nitrogens with one attached hydrogen (secondary N) is 1. The second-order valence-electron chi connectivity index (χ2n) is 7.60. The maximum atomic E-state index is 13.4.